The summed E-state index contributed by atoms with van der Waals surface area (Å²) in [6, 6.07) is 3.75. The van der Waals surface area contributed by atoms with Crippen molar-refractivity contribution >= 4 is 17.8 Å². The standard InChI is InChI=1S/C28H35NO10/c1-15(2)5-9-28(34,24(31)25(32)36-4)26(33)39-23-20(35-3)13-27-8-6-21(30)29(27)10-7-16-11-18-19(38-14-37-18)12-17(16)22(23)27/h11-13,15,22-24,31,34H,5-10,14H2,1-4H3/t22-,23-,24-,27+,28-/m1/s1. The molecular weight excluding hydrogens is 510 g/mol. The molecule has 1 saturated heterocycles. The lowest BCUT2D eigenvalue weighted by Crippen LogP contribution is -2.56. The van der Waals surface area contributed by atoms with Crippen LogP contribution in [0.25, 0.3) is 0 Å². The van der Waals surface area contributed by atoms with Crippen LogP contribution in [0.2, 0.25) is 0 Å². The summed E-state index contributed by atoms with van der Waals surface area (Å²) in [6.45, 7) is 4.32. The molecule has 0 unspecified atom stereocenters. The van der Waals surface area contributed by atoms with Crippen LogP contribution in [0, 0.1) is 5.92 Å². The van der Waals surface area contributed by atoms with E-state index < -0.39 is 41.2 Å². The zero-order valence-corrected chi connectivity index (χ0v) is 22.6. The summed E-state index contributed by atoms with van der Waals surface area (Å²) < 4.78 is 27.6. The average Bonchev–Trinajstić information content (AvgIpc) is 3.57. The first-order valence-electron chi connectivity index (χ1n) is 13.2. The average molecular weight is 546 g/mol. The topological polar surface area (TPSA) is 141 Å². The van der Waals surface area contributed by atoms with Gasteiger partial charge in [0.15, 0.2) is 29.3 Å². The molecule has 212 valence electrons. The van der Waals surface area contributed by atoms with E-state index in [9.17, 15) is 24.6 Å². The number of esters is 2. The number of rotatable bonds is 8. The molecule has 0 saturated carbocycles. The molecule has 1 aromatic carbocycles. The highest BCUT2D eigenvalue weighted by Gasteiger charge is 2.61. The van der Waals surface area contributed by atoms with Crippen molar-refractivity contribution in [1.29, 1.82) is 0 Å². The lowest BCUT2D eigenvalue weighted by atomic mass is 9.77. The van der Waals surface area contributed by atoms with Crippen LogP contribution >= 0.6 is 0 Å². The lowest BCUT2D eigenvalue weighted by molar-refractivity contribution is -0.195. The summed E-state index contributed by atoms with van der Waals surface area (Å²) in [6.07, 6.45) is 0.101. The van der Waals surface area contributed by atoms with Crippen LogP contribution < -0.4 is 9.47 Å². The second-order valence-electron chi connectivity index (χ2n) is 11.0. The number of carbonyl (C=O) groups excluding carboxylic acids is 3. The Hall–Kier alpha value is -3.31. The number of carbonyl (C=O) groups is 3. The highest BCUT2D eigenvalue weighted by molar-refractivity contribution is 5.89. The first-order valence-corrected chi connectivity index (χ1v) is 13.2. The molecule has 11 heteroatoms. The van der Waals surface area contributed by atoms with Crippen LogP contribution in [0.1, 0.15) is 56.6 Å². The largest absolute Gasteiger partial charge is 0.497 e. The molecule has 11 nitrogen and oxygen atoms in total. The van der Waals surface area contributed by atoms with Crippen molar-refractivity contribution in [3.05, 3.63) is 35.1 Å². The van der Waals surface area contributed by atoms with Crippen molar-refractivity contribution in [2.75, 3.05) is 27.6 Å². The maximum atomic E-state index is 13.7. The van der Waals surface area contributed by atoms with Gasteiger partial charge in [-0.15, -0.1) is 0 Å². The van der Waals surface area contributed by atoms with E-state index in [4.69, 9.17) is 18.9 Å². The molecule has 39 heavy (non-hydrogen) atoms. The lowest BCUT2D eigenvalue weighted by Gasteiger charge is -2.40. The van der Waals surface area contributed by atoms with Gasteiger partial charge in [-0.3, -0.25) is 4.79 Å². The van der Waals surface area contributed by atoms with Gasteiger partial charge in [-0.05, 0) is 60.9 Å². The van der Waals surface area contributed by atoms with E-state index in [2.05, 4.69) is 4.74 Å². The number of aliphatic hydroxyl groups excluding tert-OH is 1. The molecule has 2 N–H and O–H groups in total. The van der Waals surface area contributed by atoms with E-state index in [1.165, 1.54) is 7.11 Å². The quantitative estimate of drug-likeness (QED) is 0.463. The van der Waals surface area contributed by atoms with Gasteiger partial charge < -0.3 is 38.8 Å². The summed E-state index contributed by atoms with van der Waals surface area (Å²) in [4.78, 5) is 40.8. The molecule has 1 aliphatic carbocycles. The molecule has 1 amide bonds. The van der Waals surface area contributed by atoms with E-state index in [1.54, 1.807) is 0 Å². The summed E-state index contributed by atoms with van der Waals surface area (Å²) >= 11 is 0. The van der Waals surface area contributed by atoms with E-state index in [0.29, 0.717) is 49.5 Å². The molecule has 1 aromatic rings. The fourth-order valence-corrected chi connectivity index (χ4v) is 6.31. The summed E-state index contributed by atoms with van der Waals surface area (Å²) in [5.74, 6) is -1.39. The summed E-state index contributed by atoms with van der Waals surface area (Å²) in [5, 5.41) is 22.1. The Labute approximate surface area is 226 Å². The van der Waals surface area contributed by atoms with Gasteiger partial charge in [0.2, 0.25) is 12.7 Å². The molecule has 3 heterocycles. The Morgan fingerprint density at radius 1 is 1.21 bits per heavy atom. The van der Waals surface area contributed by atoms with Gasteiger partial charge in [-0.2, -0.15) is 0 Å². The van der Waals surface area contributed by atoms with Gasteiger partial charge in [-0.1, -0.05) is 13.8 Å². The van der Waals surface area contributed by atoms with Gasteiger partial charge in [0.25, 0.3) is 0 Å². The van der Waals surface area contributed by atoms with E-state index in [1.807, 2.05) is 37.0 Å². The van der Waals surface area contributed by atoms with Crippen LogP contribution in [0.3, 0.4) is 0 Å². The molecule has 1 spiro atoms. The van der Waals surface area contributed by atoms with Crippen molar-refractivity contribution in [2.45, 2.75) is 75.2 Å². The highest BCUT2D eigenvalue weighted by atomic mass is 16.7. The Morgan fingerprint density at radius 2 is 1.92 bits per heavy atom. The Morgan fingerprint density at radius 3 is 2.59 bits per heavy atom. The van der Waals surface area contributed by atoms with Gasteiger partial charge in [0, 0.05) is 13.0 Å². The number of methoxy groups -OCH3 is 2. The number of benzene rings is 1. The van der Waals surface area contributed by atoms with Crippen molar-refractivity contribution in [2.24, 2.45) is 5.92 Å². The number of amides is 1. The number of hydrogen-bond acceptors (Lipinski definition) is 10. The SMILES string of the molecule is COC(=O)[C@@H](O)[C@](O)(CCC(C)C)C(=O)O[C@@H]1C(OC)=C[C@]23CCC(=O)N2CCc2cc4c(cc2[C@H]13)OCO4. The predicted molar refractivity (Wildman–Crippen MR) is 135 cm³/mol. The minimum Gasteiger partial charge on any atom is -0.497 e. The third kappa shape index (κ3) is 4.31. The van der Waals surface area contributed by atoms with Crippen LogP contribution in [0.15, 0.2) is 24.0 Å². The molecule has 0 bridgehead atoms. The van der Waals surface area contributed by atoms with E-state index >= 15 is 0 Å². The fraction of sp³-hybridized carbons (Fsp3) is 0.607. The van der Waals surface area contributed by atoms with Crippen LogP contribution in [0.5, 0.6) is 11.5 Å². The molecule has 5 rings (SSSR count). The molecule has 0 radical (unpaired) electrons. The number of hydrogen-bond donors (Lipinski definition) is 2. The van der Waals surface area contributed by atoms with Crippen molar-refractivity contribution < 1.29 is 48.3 Å². The first kappa shape index (κ1) is 27.3. The highest BCUT2D eigenvalue weighted by Crippen LogP contribution is 2.56. The normalized spacial score (nSPS) is 27.1. The zero-order chi connectivity index (χ0) is 28.1. The Bertz CT molecular complexity index is 1210. The van der Waals surface area contributed by atoms with Gasteiger partial charge in [0.05, 0.1) is 25.7 Å². The molecule has 3 aliphatic heterocycles. The van der Waals surface area contributed by atoms with Gasteiger partial charge >= 0.3 is 11.9 Å². The number of ether oxygens (including phenoxy) is 5. The zero-order valence-electron chi connectivity index (χ0n) is 22.6. The molecular formula is C28H35NO10. The monoisotopic (exact) mass is 545 g/mol. The first-order chi connectivity index (χ1) is 18.6. The van der Waals surface area contributed by atoms with Crippen molar-refractivity contribution in [1.82, 2.24) is 4.90 Å². The van der Waals surface area contributed by atoms with E-state index in [0.717, 1.165) is 18.2 Å². The Balaban J connectivity index is 1.58. The van der Waals surface area contributed by atoms with Crippen LogP contribution in [-0.4, -0.2) is 83.9 Å². The van der Waals surface area contributed by atoms with Crippen molar-refractivity contribution in [3.8, 4) is 11.5 Å². The van der Waals surface area contributed by atoms with Gasteiger partial charge in [-0.25, -0.2) is 9.59 Å². The number of fused-ring (bicyclic) bond motifs is 3. The maximum Gasteiger partial charge on any atom is 0.342 e. The third-order valence-electron chi connectivity index (χ3n) is 8.43. The maximum absolute atomic E-state index is 13.7. The summed E-state index contributed by atoms with van der Waals surface area (Å²) in [5.41, 5.74) is -1.65. The summed E-state index contributed by atoms with van der Waals surface area (Å²) in [7, 11) is 2.51. The van der Waals surface area contributed by atoms with Crippen LogP contribution in [0.4, 0.5) is 0 Å². The minimum absolute atomic E-state index is 0.0129. The predicted octanol–water partition coefficient (Wildman–Crippen LogP) is 1.57. The van der Waals surface area contributed by atoms with E-state index in [-0.39, 0.29) is 25.0 Å². The molecule has 5 atom stereocenters. The molecule has 0 aromatic heterocycles. The second-order valence-corrected chi connectivity index (χ2v) is 11.0. The second kappa shape index (κ2) is 10.0. The number of aliphatic hydroxyl groups is 2. The van der Waals surface area contributed by atoms with Crippen molar-refractivity contribution in [3.63, 3.8) is 0 Å². The Kier molecular flexibility index (Phi) is 7.00. The smallest absolute Gasteiger partial charge is 0.342 e. The fourth-order valence-electron chi connectivity index (χ4n) is 6.31. The number of nitrogens with zero attached hydrogens (tertiary/aromatic N) is 1. The molecule has 4 aliphatic rings. The minimum atomic E-state index is -2.56. The third-order valence-corrected chi connectivity index (χ3v) is 8.43. The van der Waals surface area contributed by atoms with Gasteiger partial charge in [0.1, 0.15) is 5.76 Å². The van der Waals surface area contributed by atoms with Crippen LogP contribution in [-0.2, 0) is 35.0 Å². The molecule has 1 fully saturated rings.